The number of non-ortho nitro benzene ring substituents is 1. The quantitative estimate of drug-likeness (QED) is 0.570. The van der Waals surface area contributed by atoms with Crippen LogP contribution in [0.15, 0.2) is 29.3 Å². The number of nitro benzene ring substituents is 1. The summed E-state index contributed by atoms with van der Waals surface area (Å²) < 4.78 is 27.3. The third-order valence-corrected chi connectivity index (χ3v) is 7.32. The Labute approximate surface area is 156 Å². The monoisotopic (exact) mass is 396 g/mol. The van der Waals surface area contributed by atoms with Gasteiger partial charge in [0.2, 0.25) is 10.0 Å². The van der Waals surface area contributed by atoms with Crippen molar-refractivity contribution in [1.82, 2.24) is 9.29 Å². The van der Waals surface area contributed by atoms with E-state index in [4.69, 9.17) is 0 Å². The molecule has 0 amide bonds. The normalized spacial score (nSPS) is 15.3. The van der Waals surface area contributed by atoms with E-state index in [9.17, 15) is 18.5 Å². The molecule has 1 N–H and O–H groups in total. The van der Waals surface area contributed by atoms with Crippen molar-refractivity contribution in [3.05, 3.63) is 44.4 Å². The summed E-state index contributed by atoms with van der Waals surface area (Å²) >= 11 is 1.56. The van der Waals surface area contributed by atoms with E-state index in [-0.39, 0.29) is 10.6 Å². The largest absolute Gasteiger partial charge is 0.377 e. The summed E-state index contributed by atoms with van der Waals surface area (Å²) in [5.41, 5.74) is 0.117. The van der Waals surface area contributed by atoms with Gasteiger partial charge in [-0.25, -0.2) is 13.4 Å². The second kappa shape index (κ2) is 7.68. The van der Waals surface area contributed by atoms with Crippen molar-refractivity contribution in [3.8, 4) is 0 Å². The number of aryl methyl sites for hydroxylation is 1. The van der Waals surface area contributed by atoms with Gasteiger partial charge >= 0.3 is 0 Å². The van der Waals surface area contributed by atoms with E-state index in [0.29, 0.717) is 25.3 Å². The van der Waals surface area contributed by atoms with Crippen LogP contribution in [0.25, 0.3) is 0 Å². The third-order valence-electron chi connectivity index (χ3n) is 4.24. The predicted molar refractivity (Wildman–Crippen MR) is 99.9 cm³/mol. The van der Waals surface area contributed by atoms with Crippen molar-refractivity contribution < 1.29 is 13.3 Å². The highest BCUT2D eigenvalue weighted by Gasteiger charge is 2.31. The molecular weight excluding hydrogens is 376 g/mol. The van der Waals surface area contributed by atoms with Crippen LogP contribution in [0.5, 0.6) is 0 Å². The molecule has 0 saturated carbocycles. The molecule has 1 aromatic heterocycles. The zero-order chi connectivity index (χ0) is 18.7. The Morgan fingerprint density at radius 3 is 2.69 bits per heavy atom. The molecule has 1 aliphatic rings. The molecule has 0 spiro atoms. The fourth-order valence-electron chi connectivity index (χ4n) is 2.82. The van der Waals surface area contributed by atoms with Crippen LogP contribution in [0.1, 0.15) is 29.7 Å². The molecule has 2 aromatic rings. The van der Waals surface area contributed by atoms with Gasteiger partial charge in [0.1, 0.15) is 9.90 Å². The summed E-state index contributed by atoms with van der Waals surface area (Å²) in [5, 5.41) is 15.0. The van der Waals surface area contributed by atoms with Gasteiger partial charge in [0.05, 0.1) is 17.2 Å². The van der Waals surface area contributed by atoms with Crippen LogP contribution in [0.3, 0.4) is 0 Å². The number of nitrogens with zero attached hydrogens (tertiary/aromatic N) is 3. The van der Waals surface area contributed by atoms with Crippen molar-refractivity contribution in [1.29, 1.82) is 0 Å². The molecule has 10 heteroatoms. The van der Waals surface area contributed by atoms with Crippen LogP contribution in [-0.4, -0.2) is 35.7 Å². The second-order valence-corrected chi connectivity index (χ2v) is 9.08. The SMILES string of the molecule is CCc1cnc(CNc2ccc([N+](=O)[O-])cc2S(=O)(=O)N2CCCC2)s1. The Morgan fingerprint density at radius 2 is 2.08 bits per heavy atom. The van der Waals surface area contributed by atoms with Gasteiger partial charge in [-0.2, -0.15) is 4.31 Å². The number of sulfonamides is 1. The highest BCUT2D eigenvalue weighted by atomic mass is 32.2. The number of benzene rings is 1. The van der Waals surface area contributed by atoms with Gasteiger partial charge in [-0.05, 0) is 25.3 Å². The molecule has 1 fully saturated rings. The molecule has 1 aliphatic heterocycles. The Balaban J connectivity index is 1.92. The number of nitro groups is 1. The molecule has 0 atom stereocenters. The van der Waals surface area contributed by atoms with E-state index < -0.39 is 14.9 Å². The second-order valence-electron chi connectivity index (χ2n) is 5.98. The van der Waals surface area contributed by atoms with Gasteiger partial charge in [0.25, 0.3) is 5.69 Å². The smallest absolute Gasteiger partial charge is 0.270 e. The van der Waals surface area contributed by atoms with Gasteiger partial charge < -0.3 is 5.32 Å². The van der Waals surface area contributed by atoms with Crippen LogP contribution in [0.4, 0.5) is 11.4 Å². The molecule has 0 bridgehead atoms. The standard InChI is InChI=1S/C16H20N4O4S2/c1-2-13-10-18-16(25-13)11-17-14-6-5-12(20(21)22)9-15(14)26(23,24)19-7-3-4-8-19/h5-6,9-10,17H,2-4,7-8,11H2,1H3. The van der Waals surface area contributed by atoms with E-state index in [1.807, 2.05) is 6.92 Å². The van der Waals surface area contributed by atoms with Crippen molar-refractivity contribution >= 4 is 32.7 Å². The maximum atomic E-state index is 12.9. The molecular formula is C16H20N4O4S2. The van der Waals surface area contributed by atoms with E-state index in [0.717, 1.165) is 35.2 Å². The Hall–Kier alpha value is -2.04. The van der Waals surface area contributed by atoms with Crippen LogP contribution in [0.2, 0.25) is 0 Å². The number of nitrogens with one attached hydrogen (secondary N) is 1. The zero-order valence-corrected chi connectivity index (χ0v) is 16.0. The van der Waals surface area contributed by atoms with Crippen LogP contribution >= 0.6 is 11.3 Å². The fourth-order valence-corrected chi connectivity index (χ4v) is 5.32. The van der Waals surface area contributed by atoms with Gasteiger partial charge in [0.15, 0.2) is 0 Å². The van der Waals surface area contributed by atoms with Crippen LogP contribution < -0.4 is 5.32 Å². The lowest BCUT2D eigenvalue weighted by molar-refractivity contribution is -0.385. The maximum Gasteiger partial charge on any atom is 0.270 e. The molecule has 3 rings (SSSR count). The number of hydrogen-bond acceptors (Lipinski definition) is 7. The average Bonchev–Trinajstić information content (AvgIpc) is 3.31. The Morgan fingerprint density at radius 1 is 1.35 bits per heavy atom. The van der Waals surface area contributed by atoms with Gasteiger partial charge in [-0.15, -0.1) is 11.3 Å². The fraction of sp³-hybridized carbons (Fsp3) is 0.438. The summed E-state index contributed by atoms with van der Waals surface area (Å²) in [6.45, 7) is 3.29. The molecule has 0 aliphatic carbocycles. The molecule has 0 radical (unpaired) electrons. The first-order chi connectivity index (χ1) is 12.4. The summed E-state index contributed by atoms with van der Waals surface area (Å²) in [4.78, 5) is 15.9. The lowest BCUT2D eigenvalue weighted by Gasteiger charge is -2.18. The minimum Gasteiger partial charge on any atom is -0.377 e. The molecule has 1 aromatic carbocycles. The topological polar surface area (TPSA) is 105 Å². The minimum absolute atomic E-state index is 0.0547. The molecule has 1 saturated heterocycles. The molecule has 140 valence electrons. The van der Waals surface area contributed by atoms with Crippen molar-refractivity contribution in [2.75, 3.05) is 18.4 Å². The molecule has 2 heterocycles. The summed E-state index contributed by atoms with van der Waals surface area (Å²) in [6.07, 6.45) is 4.30. The highest BCUT2D eigenvalue weighted by molar-refractivity contribution is 7.89. The Bertz CT molecular complexity index is 905. The van der Waals surface area contributed by atoms with E-state index in [1.165, 1.54) is 16.4 Å². The molecule has 26 heavy (non-hydrogen) atoms. The summed E-state index contributed by atoms with van der Waals surface area (Å²) in [5.74, 6) is 0. The first kappa shape index (κ1) is 18.7. The van der Waals surface area contributed by atoms with Crippen molar-refractivity contribution in [2.24, 2.45) is 0 Å². The molecule has 8 nitrogen and oxygen atoms in total. The van der Waals surface area contributed by atoms with E-state index in [2.05, 4.69) is 10.3 Å². The molecule has 0 unspecified atom stereocenters. The number of rotatable bonds is 7. The first-order valence-corrected chi connectivity index (χ1v) is 10.6. The van der Waals surface area contributed by atoms with Gasteiger partial charge in [-0.3, -0.25) is 10.1 Å². The summed E-state index contributed by atoms with van der Waals surface area (Å²) in [6, 6.07) is 3.90. The number of thiazole rings is 1. The number of anilines is 1. The predicted octanol–water partition coefficient (Wildman–Crippen LogP) is 3.01. The number of aromatic nitrogens is 1. The lowest BCUT2D eigenvalue weighted by Crippen LogP contribution is -2.28. The number of hydrogen-bond donors (Lipinski definition) is 1. The maximum absolute atomic E-state index is 12.9. The van der Waals surface area contributed by atoms with E-state index in [1.54, 1.807) is 17.5 Å². The summed E-state index contributed by atoms with van der Waals surface area (Å²) in [7, 11) is -3.78. The minimum atomic E-state index is -3.78. The van der Waals surface area contributed by atoms with Crippen molar-refractivity contribution in [3.63, 3.8) is 0 Å². The lowest BCUT2D eigenvalue weighted by atomic mass is 10.3. The Kier molecular flexibility index (Phi) is 5.54. The third kappa shape index (κ3) is 3.87. The average molecular weight is 396 g/mol. The van der Waals surface area contributed by atoms with Crippen molar-refractivity contribution in [2.45, 2.75) is 37.6 Å². The van der Waals surface area contributed by atoms with Crippen LogP contribution in [0, 0.1) is 10.1 Å². The van der Waals surface area contributed by atoms with E-state index >= 15 is 0 Å². The first-order valence-electron chi connectivity index (χ1n) is 8.38. The van der Waals surface area contributed by atoms with Gasteiger partial charge in [-0.1, -0.05) is 6.92 Å². The highest BCUT2D eigenvalue weighted by Crippen LogP contribution is 2.31. The zero-order valence-electron chi connectivity index (χ0n) is 14.3. The van der Waals surface area contributed by atoms with Crippen LogP contribution in [-0.2, 0) is 23.0 Å². The van der Waals surface area contributed by atoms with Gasteiger partial charge in [0, 0.05) is 36.3 Å².